The molecule has 0 aliphatic carbocycles. The van der Waals surface area contributed by atoms with Crippen LogP contribution in [0, 0.1) is 5.82 Å². The molecule has 0 saturated heterocycles. The van der Waals surface area contributed by atoms with Crippen molar-refractivity contribution in [2.45, 2.75) is 13.5 Å². The minimum Gasteiger partial charge on any atom is -0.397 e. The Hall–Kier alpha value is -2.15. The summed E-state index contributed by atoms with van der Waals surface area (Å²) in [4.78, 5) is 12.0. The molecule has 0 aliphatic heterocycles. The van der Waals surface area contributed by atoms with Gasteiger partial charge < -0.3 is 5.73 Å². The molecule has 1 heterocycles. The van der Waals surface area contributed by atoms with E-state index in [4.69, 9.17) is 17.3 Å². The van der Waals surface area contributed by atoms with Gasteiger partial charge in [-0.05, 0) is 29.5 Å². The lowest BCUT2D eigenvalue weighted by molar-refractivity contribution is 0.605. The maximum Gasteiger partial charge on any atom is 0.368 e. The number of benzene rings is 1. The molecule has 0 atom stereocenters. The van der Waals surface area contributed by atoms with Crippen molar-refractivity contribution < 1.29 is 4.39 Å². The number of nitrogen functional groups attached to an aromatic ring is 1. The summed E-state index contributed by atoms with van der Waals surface area (Å²) in [7, 11) is 0. The molecule has 2 N–H and O–H groups in total. The van der Waals surface area contributed by atoms with Crippen LogP contribution in [0.1, 0.15) is 6.92 Å². The molecule has 2 rings (SSSR count). The highest BCUT2D eigenvalue weighted by atomic mass is 35.5. The Balaban J connectivity index is 2.54. The van der Waals surface area contributed by atoms with Crippen LogP contribution in [0.4, 0.5) is 10.1 Å². The minimum atomic E-state index is -0.705. The van der Waals surface area contributed by atoms with E-state index < -0.39 is 11.5 Å². The normalized spacial score (nSPS) is 10.7. The largest absolute Gasteiger partial charge is 0.397 e. The lowest BCUT2D eigenvalue weighted by Gasteiger charge is -2.04. The molecule has 0 saturated carbocycles. The first kappa shape index (κ1) is 13.3. The van der Waals surface area contributed by atoms with E-state index in [9.17, 15) is 9.18 Å². The second-order valence-electron chi connectivity index (χ2n) is 4.11. The Morgan fingerprint density at radius 2 is 2.21 bits per heavy atom. The predicted octanol–water partition coefficient (Wildman–Crippen LogP) is 1.38. The molecular weight excluding hydrogens is 273 g/mol. The number of halogens is 2. The zero-order valence-corrected chi connectivity index (χ0v) is 10.9. The molecule has 0 unspecified atom stereocenters. The van der Waals surface area contributed by atoms with Crippen molar-refractivity contribution >= 4 is 17.3 Å². The number of allylic oxidation sites excluding steroid dienone is 1. The van der Waals surface area contributed by atoms with Crippen LogP contribution >= 0.6 is 11.6 Å². The van der Waals surface area contributed by atoms with Crippen LogP contribution < -0.4 is 11.4 Å². The van der Waals surface area contributed by atoms with E-state index in [1.807, 2.05) is 0 Å². The molecule has 1 aromatic heterocycles. The molecule has 6 nitrogen and oxygen atoms in total. The summed E-state index contributed by atoms with van der Waals surface area (Å²) in [5, 5.41) is 7.32. The fraction of sp³-hybridized carbons (Fsp3) is 0.182. The zero-order valence-electron chi connectivity index (χ0n) is 10.1. The van der Waals surface area contributed by atoms with Crippen molar-refractivity contribution in [2.24, 2.45) is 0 Å². The molecule has 0 spiro atoms. The van der Waals surface area contributed by atoms with Crippen LogP contribution in [-0.2, 0) is 6.54 Å². The number of aromatic nitrogens is 4. The van der Waals surface area contributed by atoms with Gasteiger partial charge in [-0.1, -0.05) is 23.8 Å². The fourth-order valence-corrected chi connectivity index (χ4v) is 1.65. The van der Waals surface area contributed by atoms with Gasteiger partial charge in [0.15, 0.2) is 5.82 Å². The standard InChI is InChI=1S/C11H11ClFN5O/c1-6(2)5-17-11(19)18(16-15-17)10-4-9(14)7(12)3-8(10)13/h3-4H,1,5,14H2,2H3. The highest BCUT2D eigenvalue weighted by Crippen LogP contribution is 2.23. The second-order valence-corrected chi connectivity index (χ2v) is 4.52. The number of hydrogen-bond donors (Lipinski definition) is 1. The summed E-state index contributed by atoms with van der Waals surface area (Å²) in [6.07, 6.45) is 0. The van der Waals surface area contributed by atoms with Crippen molar-refractivity contribution in [2.75, 3.05) is 5.73 Å². The van der Waals surface area contributed by atoms with Gasteiger partial charge in [-0.15, -0.1) is 0 Å². The molecule has 19 heavy (non-hydrogen) atoms. The Morgan fingerprint density at radius 1 is 1.53 bits per heavy atom. The number of hydrogen-bond acceptors (Lipinski definition) is 4. The topological polar surface area (TPSA) is 78.7 Å². The number of nitrogens with zero attached hydrogens (tertiary/aromatic N) is 4. The van der Waals surface area contributed by atoms with Crippen LogP contribution in [0.25, 0.3) is 5.69 Å². The molecule has 0 fully saturated rings. The van der Waals surface area contributed by atoms with E-state index in [0.717, 1.165) is 21.0 Å². The maximum atomic E-state index is 13.8. The summed E-state index contributed by atoms with van der Waals surface area (Å²) in [5.74, 6) is -0.705. The number of anilines is 1. The summed E-state index contributed by atoms with van der Waals surface area (Å²) in [6, 6.07) is 2.26. The molecule has 2 aromatic rings. The summed E-state index contributed by atoms with van der Waals surface area (Å²) in [6.45, 7) is 5.62. The van der Waals surface area contributed by atoms with Gasteiger partial charge in [0.1, 0.15) is 5.69 Å². The van der Waals surface area contributed by atoms with Gasteiger partial charge in [-0.3, -0.25) is 0 Å². The maximum absolute atomic E-state index is 13.8. The Morgan fingerprint density at radius 3 is 2.84 bits per heavy atom. The first-order valence-electron chi connectivity index (χ1n) is 5.32. The van der Waals surface area contributed by atoms with Gasteiger partial charge in [-0.25, -0.2) is 9.18 Å². The summed E-state index contributed by atoms with van der Waals surface area (Å²) >= 11 is 5.68. The van der Waals surface area contributed by atoms with E-state index in [1.165, 1.54) is 6.07 Å². The van der Waals surface area contributed by atoms with Gasteiger partial charge in [0, 0.05) is 0 Å². The lowest BCUT2D eigenvalue weighted by Crippen LogP contribution is -2.25. The molecule has 1 aromatic carbocycles. The number of nitrogens with two attached hydrogens (primary N) is 1. The van der Waals surface area contributed by atoms with Crippen LogP contribution in [-0.4, -0.2) is 19.8 Å². The van der Waals surface area contributed by atoms with Gasteiger partial charge in [0.05, 0.1) is 17.3 Å². The van der Waals surface area contributed by atoms with E-state index in [0.29, 0.717) is 0 Å². The van der Waals surface area contributed by atoms with Crippen LogP contribution in [0.2, 0.25) is 5.02 Å². The first-order chi connectivity index (χ1) is 8.90. The third-order valence-corrected chi connectivity index (χ3v) is 2.68. The number of rotatable bonds is 3. The van der Waals surface area contributed by atoms with E-state index in [-0.39, 0.29) is 22.9 Å². The SMILES string of the molecule is C=C(C)Cn1nnn(-c2cc(N)c(Cl)cc2F)c1=O. The van der Waals surface area contributed by atoms with E-state index in [2.05, 4.69) is 17.0 Å². The minimum absolute atomic E-state index is 0.0728. The Kier molecular flexibility index (Phi) is 3.39. The third-order valence-electron chi connectivity index (χ3n) is 2.35. The lowest BCUT2D eigenvalue weighted by atomic mass is 10.2. The van der Waals surface area contributed by atoms with Crippen LogP contribution in [0.3, 0.4) is 0 Å². The average molecular weight is 284 g/mol. The van der Waals surface area contributed by atoms with Gasteiger partial charge in [-0.2, -0.15) is 9.36 Å². The molecular formula is C11H11ClFN5O. The van der Waals surface area contributed by atoms with Crippen molar-refractivity contribution in [3.63, 3.8) is 0 Å². The van der Waals surface area contributed by atoms with Crippen molar-refractivity contribution in [3.05, 3.63) is 45.6 Å². The van der Waals surface area contributed by atoms with Crippen LogP contribution in [0.15, 0.2) is 29.1 Å². The fourth-order valence-electron chi connectivity index (χ4n) is 1.50. The van der Waals surface area contributed by atoms with Gasteiger partial charge in [0.25, 0.3) is 0 Å². The Bertz CT molecular complexity index is 706. The van der Waals surface area contributed by atoms with Crippen LogP contribution in [0.5, 0.6) is 0 Å². The number of tetrazole rings is 1. The zero-order chi connectivity index (χ0) is 14.2. The molecule has 8 heteroatoms. The third kappa shape index (κ3) is 2.50. The molecule has 0 radical (unpaired) electrons. The van der Waals surface area contributed by atoms with Gasteiger partial charge in [0.2, 0.25) is 0 Å². The van der Waals surface area contributed by atoms with Crippen molar-refractivity contribution in [1.29, 1.82) is 0 Å². The van der Waals surface area contributed by atoms with E-state index in [1.54, 1.807) is 6.92 Å². The monoisotopic (exact) mass is 283 g/mol. The Labute approximate surface area is 112 Å². The van der Waals surface area contributed by atoms with Gasteiger partial charge >= 0.3 is 5.69 Å². The van der Waals surface area contributed by atoms with E-state index >= 15 is 0 Å². The van der Waals surface area contributed by atoms with Crippen molar-refractivity contribution in [3.8, 4) is 5.69 Å². The first-order valence-corrected chi connectivity index (χ1v) is 5.70. The molecule has 0 aliphatic rings. The molecule has 0 bridgehead atoms. The molecule has 100 valence electrons. The molecule has 0 amide bonds. The highest BCUT2D eigenvalue weighted by molar-refractivity contribution is 6.33. The second kappa shape index (κ2) is 4.85. The smallest absolute Gasteiger partial charge is 0.368 e. The average Bonchev–Trinajstić information content (AvgIpc) is 2.65. The summed E-state index contributed by atoms with van der Waals surface area (Å²) < 4.78 is 15.7. The predicted molar refractivity (Wildman–Crippen MR) is 69.8 cm³/mol. The van der Waals surface area contributed by atoms with Crippen molar-refractivity contribution in [1.82, 2.24) is 19.8 Å². The summed E-state index contributed by atoms with van der Waals surface area (Å²) in [5.41, 5.74) is 5.78. The highest BCUT2D eigenvalue weighted by Gasteiger charge is 2.14. The quantitative estimate of drug-likeness (QED) is 0.682.